The van der Waals surface area contributed by atoms with Crippen LogP contribution < -0.4 is 0 Å². The fourth-order valence-electron chi connectivity index (χ4n) is 1.70. The minimum absolute atomic E-state index is 1.22. The van der Waals surface area contributed by atoms with Crippen molar-refractivity contribution in [1.82, 2.24) is 4.98 Å². The van der Waals surface area contributed by atoms with Crippen LogP contribution in [-0.4, -0.2) is 4.98 Å². The molecule has 0 aliphatic heterocycles. The summed E-state index contributed by atoms with van der Waals surface area (Å²) in [5, 5.41) is 2.56. The zero-order chi connectivity index (χ0) is 10.1. The molecule has 1 aromatic heterocycles. The van der Waals surface area contributed by atoms with Crippen molar-refractivity contribution in [2.75, 3.05) is 0 Å². The summed E-state index contributed by atoms with van der Waals surface area (Å²) in [6.45, 7) is 0. The van der Waals surface area contributed by atoms with Gasteiger partial charge in [-0.25, -0.2) is 0 Å². The first-order valence-corrected chi connectivity index (χ1v) is 5.69. The van der Waals surface area contributed by atoms with Gasteiger partial charge in [-0.1, -0.05) is 36.4 Å². The van der Waals surface area contributed by atoms with Crippen LogP contribution in [-0.2, 0) is 0 Å². The normalized spacial score (nSPS) is 10.7. The van der Waals surface area contributed by atoms with Crippen molar-refractivity contribution in [3.8, 4) is 10.4 Å². The van der Waals surface area contributed by atoms with Crippen molar-refractivity contribution in [3.05, 3.63) is 54.2 Å². The molecule has 0 unspecified atom stereocenters. The van der Waals surface area contributed by atoms with Crippen LogP contribution in [0.4, 0.5) is 0 Å². The Hall–Kier alpha value is -1.67. The van der Waals surface area contributed by atoms with E-state index in [2.05, 4.69) is 47.4 Å². The van der Waals surface area contributed by atoms with Crippen molar-refractivity contribution in [2.45, 2.75) is 0 Å². The Kier molecular flexibility index (Phi) is 2.00. The number of nitrogens with zero attached hydrogens (tertiary/aromatic N) is 1. The first-order valence-electron chi connectivity index (χ1n) is 4.81. The summed E-state index contributed by atoms with van der Waals surface area (Å²) in [4.78, 5) is 5.32. The molecule has 0 saturated carbocycles. The van der Waals surface area contributed by atoms with Gasteiger partial charge in [0.1, 0.15) is 0 Å². The van der Waals surface area contributed by atoms with E-state index in [0.29, 0.717) is 0 Å². The van der Waals surface area contributed by atoms with Gasteiger partial charge in [0.05, 0.1) is 10.4 Å². The molecular weight excluding hydrogens is 202 g/mol. The second kappa shape index (κ2) is 3.48. The second-order valence-corrected chi connectivity index (χ2v) is 4.31. The molecule has 0 N–H and O–H groups in total. The molecule has 0 saturated heterocycles. The third kappa shape index (κ3) is 1.53. The predicted molar refractivity (Wildman–Crippen MR) is 65.1 cm³/mol. The molecule has 0 spiro atoms. The average Bonchev–Trinajstić information content (AvgIpc) is 2.82. The summed E-state index contributed by atoms with van der Waals surface area (Å²) in [6, 6.07) is 14.9. The van der Waals surface area contributed by atoms with Crippen molar-refractivity contribution >= 4 is 22.1 Å². The van der Waals surface area contributed by atoms with E-state index in [9.17, 15) is 0 Å². The number of hydrogen-bond acceptors (Lipinski definition) is 2. The molecule has 0 radical (unpaired) electrons. The Labute approximate surface area is 92.0 Å². The molecule has 0 aliphatic carbocycles. The van der Waals surface area contributed by atoms with Gasteiger partial charge in [0.2, 0.25) is 0 Å². The lowest BCUT2D eigenvalue weighted by Crippen LogP contribution is -1.74. The minimum Gasteiger partial charge on any atom is -0.252 e. The van der Waals surface area contributed by atoms with E-state index in [0.717, 1.165) is 0 Å². The lowest BCUT2D eigenvalue weighted by atomic mass is 10.1. The van der Waals surface area contributed by atoms with E-state index in [1.165, 1.54) is 21.2 Å². The SMILES string of the molecule is c1ccc2cc(-c3cncs3)ccc2c1. The third-order valence-corrected chi connectivity index (χ3v) is 3.29. The van der Waals surface area contributed by atoms with Gasteiger partial charge in [0.25, 0.3) is 0 Å². The Morgan fingerprint density at radius 2 is 1.80 bits per heavy atom. The van der Waals surface area contributed by atoms with Crippen LogP contribution in [0.2, 0.25) is 0 Å². The van der Waals surface area contributed by atoms with Gasteiger partial charge in [0.15, 0.2) is 0 Å². The molecule has 0 fully saturated rings. The van der Waals surface area contributed by atoms with Crippen LogP contribution in [0.3, 0.4) is 0 Å². The standard InChI is InChI=1S/C13H9NS/c1-2-4-11-7-12(6-5-10(11)3-1)13-8-14-9-15-13/h1-9H. The fraction of sp³-hybridized carbons (Fsp3) is 0. The lowest BCUT2D eigenvalue weighted by molar-refractivity contribution is 1.42. The van der Waals surface area contributed by atoms with Crippen LogP contribution in [0.5, 0.6) is 0 Å². The molecule has 15 heavy (non-hydrogen) atoms. The van der Waals surface area contributed by atoms with E-state index in [-0.39, 0.29) is 0 Å². The van der Waals surface area contributed by atoms with Crippen LogP contribution in [0.15, 0.2) is 54.2 Å². The van der Waals surface area contributed by atoms with Gasteiger partial charge in [-0.15, -0.1) is 11.3 Å². The molecule has 2 aromatic carbocycles. The highest BCUT2D eigenvalue weighted by atomic mass is 32.1. The van der Waals surface area contributed by atoms with Gasteiger partial charge < -0.3 is 0 Å². The van der Waals surface area contributed by atoms with Gasteiger partial charge in [-0.05, 0) is 22.4 Å². The molecule has 0 aliphatic rings. The van der Waals surface area contributed by atoms with Crippen molar-refractivity contribution in [2.24, 2.45) is 0 Å². The highest BCUT2D eigenvalue weighted by molar-refractivity contribution is 7.13. The molecule has 1 nitrogen and oxygen atoms in total. The molecule has 3 aromatic rings. The number of benzene rings is 2. The van der Waals surface area contributed by atoms with Crippen LogP contribution >= 0.6 is 11.3 Å². The second-order valence-electron chi connectivity index (χ2n) is 3.43. The summed E-state index contributed by atoms with van der Waals surface area (Å²) in [7, 11) is 0. The summed E-state index contributed by atoms with van der Waals surface area (Å²) in [6.07, 6.45) is 1.91. The molecule has 3 rings (SSSR count). The van der Waals surface area contributed by atoms with Crippen LogP contribution in [0.1, 0.15) is 0 Å². The highest BCUT2D eigenvalue weighted by Crippen LogP contribution is 2.26. The largest absolute Gasteiger partial charge is 0.252 e. The van der Waals surface area contributed by atoms with Gasteiger partial charge in [0, 0.05) is 6.20 Å². The molecule has 2 heteroatoms. The maximum atomic E-state index is 4.10. The molecule has 0 bridgehead atoms. The topological polar surface area (TPSA) is 12.9 Å². The summed E-state index contributed by atoms with van der Waals surface area (Å²) in [5.74, 6) is 0. The van der Waals surface area contributed by atoms with E-state index in [1.54, 1.807) is 11.3 Å². The highest BCUT2D eigenvalue weighted by Gasteiger charge is 2.00. The maximum absolute atomic E-state index is 4.10. The predicted octanol–water partition coefficient (Wildman–Crippen LogP) is 3.96. The first kappa shape index (κ1) is 8.62. The number of rotatable bonds is 1. The van der Waals surface area contributed by atoms with Gasteiger partial charge in [-0.3, -0.25) is 4.98 Å². The van der Waals surface area contributed by atoms with Crippen LogP contribution in [0, 0.1) is 0 Å². The van der Waals surface area contributed by atoms with E-state index in [4.69, 9.17) is 0 Å². The summed E-state index contributed by atoms with van der Waals surface area (Å²) < 4.78 is 0. The first-order chi connectivity index (χ1) is 7.43. The third-order valence-electron chi connectivity index (χ3n) is 2.47. The molecule has 1 heterocycles. The van der Waals surface area contributed by atoms with Crippen molar-refractivity contribution < 1.29 is 0 Å². The molecule has 72 valence electrons. The zero-order valence-corrected chi connectivity index (χ0v) is 8.87. The number of aromatic nitrogens is 1. The average molecular weight is 211 g/mol. The number of hydrogen-bond donors (Lipinski definition) is 0. The monoisotopic (exact) mass is 211 g/mol. The van der Waals surface area contributed by atoms with Gasteiger partial charge >= 0.3 is 0 Å². The lowest BCUT2D eigenvalue weighted by Gasteiger charge is -2.00. The minimum atomic E-state index is 1.22. The Bertz CT molecular complexity index is 584. The van der Waals surface area contributed by atoms with E-state index in [1.807, 2.05) is 11.7 Å². The van der Waals surface area contributed by atoms with E-state index < -0.39 is 0 Å². The van der Waals surface area contributed by atoms with Crippen molar-refractivity contribution in [1.29, 1.82) is 0 Å². The Balaban J connectivity index is 2.22. The fourth-order valence-corrected chi connectivity index (χ4v) is 2.32. The quantitative estimate of drug-likeness (QED) is 0.593. The Morgan fingerprint density at radius 1 is 0.933 bits per heavy atom. The number of thiazole rings is 1. The Morgan fingerprint density at radius 3 is 2.60 bits per heavy atom. The molecule has 0 atom stereocenters. The van der Waals surface area contributed by atoms with E-state index >= 15 is 0 Å². The molecule has 0 amide bonds. The summed E-state index contributed by atoms with van der Waals surface area (Å²) in [5.41, 5.74) is 3.11. The summed E-state index contributed by atoms with van der Waals surface area (Å²) >= 11 is 1.67. The van der Waals surface area contributed by atoms with Gasteiger partial charge in [-0.2, -0.15) is 0 Å². The molecular formula is C13H9NS. The van der Waals surface area contributed by atoms with Crippen LogP contribution in [0.25, 0.3) is 21.2 Å². The maximum Gasteiger partial charge on any atom is 0.0797 e. The van der Waals surface area contributed by atoms with Crippen molar-refractivity contribution in [3.63, 3.8) is 0 Å². The smallest absolute Gasteiger partial charge is 0.0797 e. The number of fused-ring (bicyclic) bond motifs is 1. The zero-order valence-electron chi connectivity index (χ0n) is 8.05.